The summed E-state index contributed by atoms with van der Waals surface area (Å²) in [6.07, 6.45) is 8.76. The molecule has 2 aromatic carbocycles. The Labute approximate surface area is 197 Å². The lowest BCUT2D eigenvalue weighted by atomic mass is 10.1. The highest BCUT2D eigenvalue weighted by atomic mass is 16.5. The molecule has 0 bridgehead atoms. The van der Waals surface area contributed by atoms with Gasteiger partial charge in [0.15, 0.2) is 0 Å². The molecular formula is C26H25N5O3. The monoisotopic (exact) mass is 455 g/mol. The number of anilines is 2. The van der Waals surface area contributed by atoms with E-state index in [1.165, 1.54) is 13.4 Å². The van der Waals surface area contributed by atoms with Gasteiger partial charge in [-0.2, -0.15) is 0 Å². The van der Waals surface area contributed by atoms with E-state index in [1.54, 1.807) is 12.4 Å². The summed E-state index contributed by atoms with van der Waals surface area (Å²) in [4.78, 5) is 24.4. The first-order chi connectivity index (χ1) is 16.6. The highest BCUT2D eigenvalue weighted by Gasteiger charge is 2.08. The molecule has 0 aliphatic rings. The van der Waals surface area contributed by atoms with Crippen LogP contribution < -0.4 is 15.4 Å². The highest BCUT2D eigenvalue weighted by molar-refractivity contribution is 5.92. The van der Waals surface area contributed by atoms with Crippen molar-refractivity contribution in [3.63, 3.8) is 0 Å². The lowest BCUT2D eigenvalue weighted by Gasteiger charge is -2.12. The van der Waals surface area contributed by atoms with Crippen LogP contribution in [-0.2, 0) is 9.53 Å². The standard InChI is InChI=1S/C26H25N5O3/c1-18-13-20(8-10-24(18)34-21-6-4-11-27-15-21)31-26-22-14-19(7-9-23(22)29-17-30-26)5-3-12-28-25(32)16-33-2/h3-11,13-15,17H,12,16H2,1-2H3,(H,28,32)(H,29,30,31)/b5-3+. The summed E-state index contributed by atoms with van der Waals surface area (Å²) < 4.78 is 10.7. The Bertz CT molecular complexity index is 1310. The first kappa shape index (κ1) is 22.9. The number of nitrogens with one attached hydrogen (secondary N) is 2. The van der Waals surface area contributed by atoms with E-state index < -0.39 is 0 Å². The maximum absolute atomic E-state index is 11.5. The number of hydrogen-bond acceptors (Lipinski definition) is 7. The molecule has 0 radical (unpaired) electrons. The molecule has 1 amide bonds. The second-order valence-corrected chi connectivity index (χ2v) is 7.53. The van der Waals surface area contributed by atoms with Crippen molar-refractivity contribution in [1.82, 2.24) is 20.3 Å². The molecular weight excluding hydrogens is 430 g/mol. The van der Waals surface area contributed by atoms with E-state index in [-0.39, 0.29) is 12.5 Å². The average molecular weight is 456 g/mol. The fraction of sp³-hybridized carbons (Fsp3) is 0.154. The third-order valence-corrected chi connectivity index (χ3v) is 4.96. The molecule has 172 valence electrons. The van der Waals surface area contributed by atoms with Crippen LogP contribution in [0.3, 0.4) is 0 Å². The van der Waals surface area contributed by atoms with Gasteiger partial charge in [0.1, 0.15) is 30.3 Å². The average Bonchev–Trinajstić information content (AvgIpc) is 2.85. The Balaban J connectivity index is 1.50. The lowest BCUT2D eigenvalue weighted by Crippen LogP contribution is -2.26. The number of methoxy groups -OCH3 is 1. The summed E-state index contributed by atoms with van der Waals surface area (Å²) in [5.41, 5.74) is 3.67. The van der Waals surface area contributed by atoms with Crippen LogP contribution in [0.2, 0.25) is 0 Å². The normalized spacial score (nSPS) is 11.0. The smallest absolute Gasteiger partial charge is 0.246 e. The van der Waals surface area contributed by atoms with Crippen LogP contribution in [0.5, 0.6) is 11.5 Å². The maximum Gasteiger partial charge on any atom is 0.246 e. The molecule has 0 atom stereocenters. The Morgan fingerprint density at radius 2 is 2.03 bits per heavy atom. The number of carbonyl (C=O) groups is 1. The van der Waals surface area contributed by atoms with Gasteiger partial charge in [-0.25, -0.2) is 9.97 Å². The molecule has 0 fully saturated rings. The van der Waals surface area contributed by atoms with E-state index in [1.807, 2.05) is 67.6 Å². The number of aromatic nitrogens is 3. The third-order valence-electron chi connectivity index (χ3n) is 4.96. The largest absolute Gasteiger partial charge is 0.455 e. The van der Waals surface area contributed by atoms with Gasteiger partial charge in [0.05, 0.1) is 11.7 Å². The highest BCUT2D eigenvalue weighted by Crippen LogP contribution is 2.29. The summed E-state index contributed by atoms with van der Waals surface area (Å²) >= 11 is 0. The van der Waals surface area contributed by atoms with Crippen molar-refractivity contribution >= 4 is 34.4 Å². The van der Waals surface area contributed by atoms with E-state index >= 15 is 0 Å². The number of aryl methyl sites for hydroxylation is 1. The number of benzene rings is 2. The molecule has 2 N–H and O–H groups in total. The second-order valence-electron chi connectivity index (χ2n) is 7.53. The molecule has 0 saturated heterocycles. The Morgan fingerprint density at radius 3 is 2.82 bits per heavy atom. The Morgan fingerprint density at radius 1 is 1.12 bits per heavy atom. The minimum atomic E-state index is -0.155. The van der Waals surface area contributed by atoms with Crippen LogP contribution in [0.15, 0.2) is 73.3 Å². The molecule has 0 saturated carbocycles. The fourth-order valence-corrected chi connectivity index (χ4v) is 3.34. The lowest BCUT2D eigenvalue weighted by molar-refractivity contribution is -0.124. The SMILES string of the molecule is COCC(=O)NC/C=C/c1ccc2ncnc(Nc3ccc(Oc4cccnc4)c(C)c3)c2c1. The van der Waals surface area contributed by atoms with Gasteiger partial charge in [0.25, 0.3) is 0 Å². The Kier molecular flexibility index (Phi) is 7.42. The van der Waals surface area contributed by atoms with Crippen molar-refractivity contribution < 1.29 is 14.3 Å². The summed E-state index contributed by atoms with van der Waals surface area (Å²) in [5.74, 6) is 2.00. The fourth-order valence-electron chi connectivity index (χ4n) is 3.34. The number of ether oxygens (including phenoxy) is 2. The molecule has 0 unspecified atom stereocenters. The number of hydrogen-bond donors (Lipinski definition) is 2. The van der Waals surface area contributed by atoms with Gasteiger partial charge < -0.3 is 20.1 Å². The first-order valence-electron chi connectivity index (χ1n) is 10.7. The zero-order valence-corrected chi connectivity index (χ0v) is 19.0. The minimum absolute atomic E-state index is 0.0478. The molecule has 4 aromatic rings. The number of rotatable bonds is 9. The van der Waals surface area contributed by atoms with E-state index in [0.717, 1.165) is 33.5 Å². The topological polar surface area (TPSA) is 98.3 Å². The maximum atomic E-state index is 11.5. The van der Waals surface area contributed by atoms with Gasteiger partial charge in [-0.05, 0) is 60.5 Å². The summed E-state index contributed by atoms with van der Waals surface area (Å²) in [5, 5.41) is 7.04. The van der Waals surface area contributed by atoms with Gasteiger partial charge in [-0.3, -0.25) is 9.78 Å². The molecule has 8 nitrogen and oxygen atoms in total. The van der Waals surface area contributed by atoms with E-state index in [4.69, 9.17) is 9.47 Å². The van der Waals surface area contributed by atoms with Gasteiger partial charge in [0, 0.05) is 30.9 Å². The van der Waals surface area contributed by atoms with Crippen LogP contribution in [0.25, 0.3) is 17.0 Å². The molecule has 0 aliphatic carbocycles. The van der Waals surface area contributed by atoms with Crippen molar-refractivity contribution in [2.75, 3.05) is 25.6 Å². The van der Waals surface area contributed by atoms with Crippen molar-refractivity contribution in [2.45, 2.75) is 6.92 Å². The summed E-state index contributed by atoms with van der Waals surface area (Å²) in [6.45, 7) is 2.46. The van der Waals surface area contributed by atoms with Crippen LogP contribution in [-0.4, -0.2) is 41.1 Å². The molecule has 0 aliphatic heterocycles. The van der Waals surface area contributed by atoms with Crippen molar-refractivity contribution in [3.05, 3.63) is 84.5 Å². The predicted molar refractivity (Wildman–Crippen MR) is 132 cm³/mol. The molecule has 2 heterocycles. The molecule has 0 spiro atoms. The van der Waals surface area contributed by atoms with Crippen molar-refractivity contribution in [2.24, 2.45) is 0 Å². The van der Waals surface area contributed by atoms with Crippen molar-refractivity contribution in [3.8, 4) is 11.5 Å². The van der Waals surface area contributed by atoms with Gasteiger partial charge in [0.2, 0.25) is 5.91 Å². The van der Waals surface area contributed by atoms with Gasteiger partial charge >= 0.3 is 0 Å². The molecule has 8 heteroatoms. The van der Waals surface area contributed by atoms with Crippen molar-refractivity contribution in [1.29, 1.82) is 0 Å². The van der Waals surface area contributed by atoms with E-state index in [9.17, 15) is 4.79 Å². The van der Waals surface area contributed by atoms with Crippen LogP contribution in [0.1, 0.15) is 11.1 Å². The van der Waals surface area contributed by atoms with Crippen LogP contribution in [0.4, 0.5) is 11.5 Å². The van der Waals surface area contributed by atoms with Gasteiger partial charge in [-0.1, -0.05) is 18.2 Å². The number of amides is 1. The number of carbonyl (C=O) groups excluding carboxylic acids is 1. The third kappa shape index (κ3) is 5.93. The minimum Gasteiger partial charge on any atom is -0.455 e. The molecule has 34 heavy (non-hydrogen) atoms. The number of fused-ring (bicyclic) bond motifs is 1. The second kappa shape index (κ2) is 11.0. The zero-order chi connectivity index (χ0) is 23.8. The summed E-state index contributed by atoms with van der Waals surface area (Å²) in [6, 6.07) is 15.5. The van der Waals surface area contributed by atoms with Gasteiger partial charge in [-0.15, -0.1) is 0 Å². The quantitative estimate of drug-likeness (QED) is 0.379. The molecule has 2 aromatic heterocycles. The van der Waals surface area contributed by atoms with Crippen LogP contribution in [0, 0.1) is 6.92 Å². The first-order valence-corrected chi connectivity index (χ1v) is 10.7. The number of nitrogens with zero attached hydrogens (tertiary/aromatic N) is 3. The van der Waals surface area contributed by atoms with E-state index in [2.05, 4.69) is 25.6 Å². The van der Waals surface area contributed by atoms with Crippen LogP contribution >= 0.6 is 0 Å². The zero-order valence-electron chi connectivity index (χ0n) is 19.0. The number of pyridine rings is 1. The Hall–Kier alpha value is -4.30. The summed E-state index contributed by atoms with van der Waals surface area (Å²) in [7, 11) is 1.49. The van der Waals surface area contributed by atoms with E-state index in [0.29, 0.717) is 18.1 Å². The predicted octanol–water partition coefficient (Wildman–Crippen LogP) is 4.64. The molecule has 4 rings (SSSR count).